The SMILES string of the molecule is CCCCCC[C@H]1CC[C@H](CCC2CCC(c3ccc(-c4ccc(Cl)cc4)c(F)c3)CC2)CC1. The Morgan fingerprint density at radius 2 is 1.29 bits per heavy atom. The fraction of sp³-hybridized carbons (Fsp3) is 0.625. The van der Waals surface area contributed by atoms with Gasteiger partial charge < -0.3 is 0 Å². The van der Waals surface area contributed by atoms with Crippen molar-refractivity contribution in [1.29, 1.82) is 0 Å². The molecular formula is C32H44ClF. The monoisotopic (exact) mass is 482 g/mol. The van der Waals surface area contributed by atoms with Crippen molar-refractivity contribution in [3.05, 3.63) is 58.9 Å². The largest absolute Gasteiger partial charge is 0.206 e. The average molecular weight is 483 g/mol. The Kier molecular flexibility index (Phi) is 9.92. The molecule has 186 valence electrons. The lowest BCUT2D eigenvalue weighted by molar-refractivity contribution is 0.222. The summed E-state index contributed by atoms with van der Waals surface area (Å²) in [6.45, 7) is 2.30. The zero-order chi connectivity index (χ0) is 23.8. The normalized spacial score (nSPS) is 25.4. The Morgan fingerprint density at radius 3 is 1.88 bits per heavy atom. The molecule has 0 spiro atoms. The smallest absolute Gasteiger partial charge is 0.131 e. The topological polar surface area (TPSA) is 0 Å². The molecule has 2 aliphatic rings. The predicted molar refractivity (Wildman–Crippen MR) is 145 cm³/mol. The second-order valence-electron chi connectivity index (χ2n) is 11.3. The number of hydrogen-bond donors (Lipinski definition) is 0. The van der Waals surface area contributed by atoms with E-state index in [0.29, 0.717) is 16.5 Å². The molecule has 0 bridgehead atoms. The zero-order valence-corrected chi connectivity index (χ0v) is 22.0. The van der Waals surface area contributed by atoms with Crippen molar-refractivity contribution in [2.75, 3.05) is 0 Å². The molecule has 2 aromatic rings. The zero-order valence-electron chi connectivity index (χ0n) is 21.2. The molecule has 0 heterocycles. The molecule has 34 heavy (non-hydrogen) atoms. The summed E-state index contributed by atoms with van der Waals surface area (Å²) in [6, 6.07) is 13.3. The van der Waals surface area contributed by atoms with E-state index in [9.17, 15) is 4.39 Å². The van der Waals surface area contributed by atoms with Crippen LogP contribution in [0.4, 0.5) is 4.39 Å². The van der Waals surface area contributed by atoms with Gasteiger partial charge in [-0.05, 0) is 78.7 Å². The minimum absolute atomic E-state index is 0.108. The first-order valence-electron chi connectivity index (χ1n) is 14.2. The fourth-order valence-corrected chi connectivity index (χ4v) is 6.70. The third-order valence-corrected chi connectivity index (χ3v) is 9.13. The third kappa shape index (κ3) is 7.33. The van der Waals surface area contributed by atoms with Crippen LogP contribution in [-0.2, 0) is 0 Å². The number of rotatable bonds is 10. The Labute approximate surface area is 212 Å². The van der Waals surface area contributed by atoms with Crippen LogP contribution in [0.5, 0.6) is 0 Å². The van der Waals surface area contributed by atoms with Gasteiger partial charge in [-0.2, -0.15) is 0 Å². The van der Waals surface area contributed by atoms with Crippen molar-refractivity contribution < 1.29 is 4.39 Å². The molecule has 0 atom stereocenters. The van der Waals surface area contributed by atoms with Gasteiger partial charge in [-0.15, -0.1) is 0 Å². The van der Waals surface area contributed by atoms with Crippen LogP contribution >= 0.6 is 11.6 Å². The minimum Gasteiger partial charge on any atom is -0.206 e. The maximum Gasteiger partial charge on any atom is 0.131 e. The molecule has 0 unspecified atom stereocenters. The molecule has 0 saturated heterocycles. The van der Waals surface area contributed by atoms with Gasteiger partial charge in [-0.3, -0.25) is 0 Å². The summed E-state index contributed by atoms with van der Waals surface area (Å²) in [5.41, 5.74) is 2.75. The van der Waals surface area contributed by atoms with E-state index in [0.717, 1.165) is 23.3 Å². The number of hydrogen-bond acceptors (Lipinski definition) is 0. The molecule has 0 N–H and O–H groups in total. The van der Waals surface area contributed by atoms with Crippen molar-refractivity contribution in [2.45, 2.75) is 109 Å². The Hall–Kier alpha value is -1.34. The summed E-state index contributed by atoms with van der Waals surface area (Å²) >= 11 is 5.98. The lowest BCUT2D eigenvalue weighted by Crippen LogP contribution is -2.18. The van der Waals surface area contributed by atoms with Crippen LogP contribution in [0, 0.1) is 23.6 Å². The maximum atomic E-state index is 14.9. The van der Waals surface area contributed by atoms with Gasteiger partial charge in [-0.25, -0.2) is 4.39 Å². The molecule has 4 rings (SSSR count). The van der Waals surface area contributed by atoms with E-state index < -0.39 is 0 Å². The standard InChI is InChI=1S/C32H44ClF/c1-2-3-4-5-6-24-7-9-25(10-8-24)11-12-26-13-15-27(16-14-26)29-19-22-31(32(34)23-29)28-17-20-30(33)21-18-28/h17-27H,2-16H2,1H3/t24-,25-,26?,27?. The highest BCUT2D eigenvalue weighted by atomic mass is 35.5. The van der Waals surface area contributed by atoms with Gasteiger partial charge in [0, 0.05) is 10.6 Å². The number of unbranched alkanes of at least 4 members (excludes halogenated alkanes) is 3. The molecule has 2 heteroatoms. The molecule has 0 amide bonds. The van der Waals surface area contributed by atoms with E-state index in [2.05, 4.69) is 13.0 Å². The van der Waals surface area contributed by atoms with Gasteiger partial charge >= 0.3 is 0 Å². The van der Waals surface area contributed by atoms with Crippen LogP contribution in [0.2, 0.25) is 5.02 Å². The number of halogens is 2. The van der Waals surface area contributed by atoms with Crippen LogP contribution in [-0.4, -0.2) is 0 Å². The summed E-state index contributed by atoms with van der Waals surface area (Å²) in [5.74, 6) is 3.31. The van der Waals surface area contributed by atoms with Crippen LogP contribution in [0.1, 0.15) is 115 Å². The third-order valence-electron chi connectivity index (χ3n) is 8.88. The van der Waals surface area contributed by atoms with E-state index >= 15 is 0 Å². The van der Waals surface area contributed by atoms with Crippen LogP contribution in [0.3, 0.4) is 0 Å². The maximum absolute atomic E-state index is 14.9. The first-order valence-corrected chi connectivity index (χ1v) is 14.6. The van der Waals surface area contributed by atoms with Crippen molar-refractivity contribution in [3.63, 3.8) is 0 Å². The lowest BCUT2D eigenvalue weighted by Gasteiger charge is -2.32. The summed E-state index contributed by atoms with van der Waals surface area (Å²) < 4.78 is 14.9. The molecule has 0 radical (unpaired) electrons. The molecule has 0 aromatic heterocycles. The van der Waals surface area contributed by atoms with Crippen molar-refractivity contribution in [2.24, 2.45) is 17.8 Å². The van der Waals surface area contributed by atoms with Gasteiger partial charge in [0.2, 0.25) is 0 Å². The summed E-state index contributed by atoms with van der Waals surface area (Å²) in [4.78, 5) is 0. The van der Waals surface area contributed by atoms with Gasteiger partial charge in [0.1, 0.15) is 5.82 Å². The lowest BCUT2D eigenvalue weighted by atomic mass is 9.74. The summed E-state index contributed by atoms with van der Waals surface area (Å²) in [7, 11) is 0. The molecular weight excluding hydrogens is 439 g/mol. The van der Waals surface area contributed by atoms with Gasteiger partial charge in [0.15, 0.2) is 0 Å². The van der Waals surface area contributed by atoms with Gasteiger partial charge in [0.25, 0.3) is 0 Å². The van der Waals surface area contributed by atoms with E-state index in [1.54, 1.807) is 6.07 Å². The molecule has 0 aliphatic heterocycles. The molecule has 2 aromatic carbocycles. The van der Waals surface area contributed by atoms with E-state index in [1.807, 2.05) is 30.3 Å². The quantitative estimate of drug-likeness (QED) is 0.295. The van der Waals surface area contributed by atoms with Crippen molar-refractivity contribution in [1.82, 2.24) is 0 Å². The van der Waals surface area contributed by atoms with Gasteiger partial charge in [0.05, 0.1) is 0 Å². The molecule has 0 nitrogen and oxygen atoms in total. The first kappa shape index (κ1) is 25.7. The van der Waals surface area contributed by atoms with Gasteiger partial charge in [-0.1, -0.05) is 113 Å². The number of benzene rings is 2. The average Bonchev–Trinajstić information content (AvgIpc) is 2.87. The van der Waals surface area contributed by atoms with Crippen LogP contribution in [0.25, 0.3) is 11.1 Å². The highest BCUT2D eigenvalue weighted by molar-refractivity contribution is 6.30. The second kappa shape index (κ2) is 13.1. The highest BCUT2D eigenvalue weighted by Gasteiger charge is 2.25. The van der Waals surface area contributed by atoms with Crippen molar-refractivity contribution >= 4 is 11.6 Å². The predicted octanol–water partition coefficient (Wildman–Crippen LogP) is 11.0. The fourth-order valence-electron chi connectivity index (χ4n) is 6.57. The second-order valence-corrected chi connectivity index (χ2v) is 11.7. The molecule has 2 fully saturated rings. The van der Waals surface area contributed by atoms with Crippen molar-refractivity contribution in [3.8, 4) is 11.1 Å². The molecule has 2 aliphatic carbocycles. The van der Waals surface area contributed by atoms with Crippen LogP contribution in [0.15, 0.2) is 42.5 Å². The van der Waals surface area contributed by atoms with E-state index in [4.69, 9.17) is 11.6 Å². The molecule has 2 saturated carbocycles. The van der Waals surface area contributed by atoms with E-state index in [-0.39, 0.29) is 5.82 Å². The summed E-state index contributed by atoms with van der Waals surface area (Å²) in [6.07, 6.45) is 21.0. The Balaban J connectivity index is 1.17. The Bertz CT molecular complexity index is 857. The van der Waals surface area contributed by atoms with Crippen LogP contribution < -0.4 is 0 Å². The minimum atomic E-state index is -0.108. The highest BCUT2D eigenvalue weighted by Crippen LogP contribution is 2.41. The first-order chi connectivity index (χ1) is 16.6. The summed E-state index contributed by atoms with van der Waals surface area (Å²) in [5, 5.41) is 0.683. The Morgan fingerprint density at radius 1 is 0.706 bits per heavy atom. The van der Waals surface area contributed by atoms with E-state index in [1.165, 1.54) is 102 Å².